The van der Waals surface area contributed by atoms with Crippen molar-refractivity contribution in [3.05, 3.63) is 89.3 Å². The smallest absolute Gasteiger partial charge is 0.352 e. The molecule has 3 aromatic carbocycles. The van der Waals surface area contributed by atoms with E-state index in [4.69, 9.17) is 16.3 Å². The summed E-state index contributed by atoms with van der Waals surface area (Å²) in [5.41, 5.74) is 2.71. The third kappa shape index (κ3) is 7.56. The molecule has 54 heavy (non-hydrogen) atoms. The van der Waals surface area contributed by atoms with Crippen LogP contribution in [-0.4, -0.2) is 126 Å². The van der Waals surface area contributed by atoms with Gasteiger partial charge in [0.25, 0.3) is 0 Å². The second kappa shape index (κ2) is 15.3. The van der Waals surface area contributed by atoms with Crippen LogP contribution >= 0.6 is 11.6 Å². The second-order valence-electron chi connectivity index (χ2n) is 12.6. The lowest BCUT2D eigenvalue weighted by atomic mass is 10.0. The topological polar surface area (TPSA) is 228 Å². The highest BCUT2D eigenvalue weighted by molar-refractivity contribution is 6.41. The lowest BCUT2D eigenvalue weighted by Gasteiger charge is -2.38. The van der Waals surface area contributed by atoms with Gasteiger partial charge in [-0.1, -0.05) is 23.7 Å². The molecule has 0 bridgehead atoms. The van der Waals surface area contributed by atoms with Crippen molar-refractivity contribution in [3.63, 3.8) is 0 Å². The number of urea groups is 1. The van der Waals surface area contributed by atoms with Gasteiger partial charge in [0, 0.05) is 53.4 Å². The summed E-state index contributed by atoms with van der Waals surface area (Å²) in [4.78, 5) is 73.0. The van der Waals surface area contributed by atoms with Gasteiger partial charge >= 0.3 is 23.8 Å². The number of benzene rings is 3. The van der Waals surface area contributed by atoms with Crippen molar-refractivity contribution < 1.29 is 38.9 Å². The molecule has 2 aromatic heterocycles. The zero-order chi connectivity index (χ0) is 37.9. The van der Waals surface area contributed by atoms with Gasteiger partial charge in [-0.25, -0.2) is 9.59 Å². The van der Waals surface area contributed by atoms with E-state index in [9.17, 15) is 34.2 Å². The van der Waals surface area contributed by atoms with E-state index in [1.54, 1.807) is 59.5 Å². The number of aliphatic hydroxyl groups is 1. The number of aromatic carboxylic acids is 1. The number of carboxylic acid groups (broad SMARTS) is 1. The Kier molecular flexibility index (Phi) is 10.2. The fraction of sp³-hybridized carbons (Fsp3) is 0.257. The predicted molar refractivity (Wildman–Crippen MR) is 193 cm³/mol. The highest BCUT2D eigenvalue weighted by Gasteiger charge is 2.41. The molecule has 2 unspecified atom stereocenters. The van der Waals surface area contributed by atoms with Crippen LogP contribution in [0.4, 0.5) is 21.9 Å². The Balaban J connectivity index is 1.13. The van der Waals surface area contributed by atoms with Crippen LogP contribution in [0.1, 0.15) is 16.1 Å². The summed E-state index contributed by atoms with van der Waals surface area (Å²) in [5, 5.41) is 36.5. The summed E-state index contributed by atoms with van der Waals surface area (Å²) in [7, 11) is 0. The molecule has 18 nitrogen and oxygen atoms in total. The molecular weight excluding hydrogens is 724 g/mol. The van der Waals surface area contributed by atoms with Gasteiger partial charge in [-0.15, -0.1) is 5.10 Å². The van der Waals surface area contributed by atoms with Crippen LogP contribution in [0.25, 0.3) is 16.6 Å². The SMILES string of the molecule is O=C(O)c1cc2cc(NC(=O)C(Cc3ccc(NC(=O)N4CCOC(CO)C4)cc3)N3CCN(c4cc(Cl)ccc4-n4cnnn4)C(=O)C3=O)ccc2[nH]1. The molecule has 5 aromatic rings. The van der Waals surface area contributed by atoms with Gasteiger partial charge in [0.1, 0.15) is 18.1 Å². The summed E-state index contributed by atoms with van der Waals surface area (Å²) < 4.78 is 6.76. The van der Waals surface area contributed by atoms with Crippen molar-refractivity contribution in [2.75, 3.05) is 54.9 Å². The molecular formula is C35H33ClN10O8. The maximum atomic E-state index is 14.1. The van der Waals surface area contributed by atoms with Gasteiger partial charge in [0.15, 0.2) is 0 Å². The predicted octanol–water partition coefficient (Wildman–Crippen LogP) is 2.15. The summed E-state index contributed by atoms with van der Waals surface area (Å²) in [5.74, 6) is -3.54. The van der Waals surface area contributed by atoms with E-state index in [1.807, 2.05) is 0 Å². The molecule has 0 aliphatic carbocycles. The van der Waals surface area contributed by atoms with Crippen molar-refractivity contribution >= 4 is 69.3 Å². The monoisotopic (exact) mass is 756 g/mol. The number of nitrogens with zero attached hydrogens (tertiary/aromatic N) is 7. The van der Waals surface area contributed by atoms with Gasteiger partial charge in [0.05, 0.1) is 37.2 Å². The number of aromatic nitrogens is 5. The van der Waals surface area contributed by atoms with Gasteiger partial charge < -0.3 is 45.3 Å². The molecule has 2 aliphatic rings. The second-order valence-corrected chi connectivity index (χ2v) is 13.0. The number of morpholine rings is 1. The summed E-state index contributed by atoms with van der Waals surface area (Å²) >= 11 is 6.30. The van der Waals surface area contributed by atoms with E-state index in [1.165, 1.54) is 32.9 Å². The summed E-state index contributed by atoms with van der Waals surface area (Å²) in [6.45, 7) is 0.701. The minimum Gasteiger partial charge on any atom is -0.477 e. The van der Waals surface area contributed by atoms with Crippen LogP contribution in [-0.2, 0) is 25.5 Å². The number of aliphatic hydroxyl groups excluding tert-OH is 1. The largest absolute Gasteiger partial charge is 0.477 e. The number of hydrogen-bond acceptors (Lipinski definition) is 10. The Bertz CT molecular complexity index is 2230. The Hall–Kier alpha value is -6.37. The number of carboxylic acids is 1. The van der Waals surface area contributed by atoms with E-state index in [2.05, 4.69) is 31.1 Å². The Labute approximate surface area is 311 Å². The number of rotatable bonds is 10. The molecule has 4 heterocycles. The van der Waals surface area contributed by atoms with Crippen LogP contribution < -0.4 is 15.5 Å². The van der Waals surface area contributed by atoms with Crippen LogP contribution in [0.2, 0.25) is 5.02 Å². The zero-order valence-electron chi connectivity index (χ0n) is 28.4. The Morgan fingerprint density at radius 3 is 2.48 bits per heavy atom. The zero-order valence-corrected chi connectivity index (χ0v) is 29.1. The van der Waals surface area contributed by atoms with E-state index < -0.39 is 35.8 Å². The Morgan fingerprint density at radius 1 is 0.944 bits per heavy atom. The lowest BCUT2D eigenvalue weighted by Crippen LogP contribution is -2.60. The van der Waals surface area contributed by atoms with Crippen molar-refractivity contribution in [2.24, 2.45) is 0 Å². The molecule has 0 radical (unpaired) electrons. The molecule has 2 saturated heterocycles. The van der Waals surface area contributed by atoms with Crippen molar-refractivity contribution in [1.29, 1.82) is 0 Å². The van der Waals surface area contributed by atoms with Gasteiger partial charge in [0.2, 0.25) is 5.91 Å². The molecule has 0 spiro atoms. The average Bonchev–Trinajstić information content (AvgIpc) is 3.87. The summed E-state index contributed by atoms with van der Waals surface area (Å²) in [6.07, 6.45) is 0.884. The molecule has 5 amide bonds. The fourth-order valence-corrected chi connectivity index (χ4v) is 6.58. The number of ether oxygens (including phenoxy) is 1. The minimum atomic E-state index is -1.16. The third-order valence-corrected chi connectivity index (χ3v) is 9.37. The number of nitrogens with one attached hydrogen (secondary N) is 3. The van der Waals surface area contributed by atoms with Crippen LogP contribution in [0.5, 0.6) is 0 Å². The third-order valence-electron chi connectivity index (χ3n) is 9.14. The number of H-pyrrole nitrogens is 1. The number of halogens is 1. The standard InChI is InChI=1S/C35H33ClN10O8/c36-22-3-8-28(46-19-37-41-42-46)29(16-22)44-9-10-45(33(50)32(44)49)30(31(48)38-24-6-7-26-21(14-24)15-27(40-26)34(51)52)13-20-1-4-23(5-2-20)39-35(53)43-11-12-54-25(17-43)18-47/h1-8,14-16,19,25,30,40,47H,9-13,17-18H2,(H,38,48)(H,39,53)(H,51,52). The number of fused-ring (bicyclic) bond motifs is 1. The first-order chi connectivity index (χ1) is 26.1. The quantitative estimate of drug-likeness (QED) is 0.130. The molecule has 5 N–H and O–H groups in total. The highest BCUT2D eigenvalue weighted by atomic mass is 35.5. The number of amides is 5. The van der Waals surface area contributed by atoms with Crippen molar-refractivity contribution in [3.8, 4) is 5.69 Å². The van der Waals surface area contributed by atoms with E-state index in [-0.39, 0.29) is 44.4 Å². The number of carbonyl (C=O) groups is 5. The van der Waals surface area contributed by atoms with Crippen molar-refractivity contribution in [1.82, 2.24) is 35.0 Å². The lowest BCUT2D eigenvalue weighted by molar-refractivity contribution is -0.149. The Morgan fingerprint density at radius 2 is 1.74 bits per heavy atom. The molecule has 7 rings (SSSR count). The number of aromatic amines is 1. The number of piperazine rings is 1. The molecule has 0 saturated carbocycles. The van der Waals surface area contributed by atoms with Crippen LogP contribution in [0.3, 0.4) is 0 Å². The van der Waals surface area contributed by atoms with E-state index in [0.717, 1.165) is 0 Å². The normalized spacial score (nSPS) is 16.8. The first kappa shape index (κ1) is 36.0. The van der Waals surface area contributed by atoms with E-state index in [0.29, 0.717) is 57.4 Å². The molecule has 2 aliphatic heterocycles. The molecule has 278 valence electrons. The highest BCUT2D eigenvalue weighted by Crippen LogP contribution is 2.30. The first-order valence-corrected chi connectivity index (χ1v) is 17.2. The number of carbonyl (C=O) groups excluding carboxylic acids is 4. The number of anilines is 3. The maximum Gasteiger partial charge on any atom is 0.352 e. The van der Waals surface area contributed by atoms with Crippen LogP contribution in [0, 0.1) is 0 Å². The minimum absolute atomic E-state index is 0.00330. The molecule has 19 heteroatoms. The van der Waals surface area contributed by atoms with E-state index >= 15 is 0 Å². The molecule has 2 atom stereocenters. The van der Waals surface area contributed by atoms with Crippen molar-refractivity contribution in [2.45, 2.75) is 18.6 Å². The maximum absolute atomic E-state index is 14.1. The van der Waals surface area contributed by atoms with Gasteiger partial charge in [-0.05, 0) is 70.6 Å². The van der Waals surface area contributed by atoms with Gasteiger partial charge in [-0.2, -0.15) is 4.68 Å². The molecule has 2 fully saturated rings. The summed E-state index contributed by atoms with van der Waals surface area (Å²) in [6, 6.07) is 16.2. The van der Waals surface area contributed by atoms with Crippen LogP contribution in [0.15, 0.2) is 73.1 Å². The first-order valence-electron chi connectivity index (χ1n) is 16.8. The number of tetrazole rings is 1. The number of hydrogen-bond donors (Lipinski definition) is 5. The fourth-order valence-electron chi connectivity index (χ4n) is 6.41. The van der Waals surface area contributed by atoms with Gasteiger partial charge in [-0.3, -0.25) is 14.4 Å². The average molecular weight is 757 g/mol.